The van der Waals surface area contributed by atoms with Crippen LogP contribution in [0.1, 0.15) is 25.8 Å². The van der Waals surface area contributed by atoms with E-state index < -0.39 is 4.92 Å². The van der Waals surface area contributed by atoms with E-state index in [1.54, 1.807) is 19.1 Å². The van der Waals surface area contributed by atoms with Gasteiger partial charge in [0.05, 0.1) is 11.5 Å². The number of benzene rings is 1. The summed E-state index contributed by atoms with van der Waals surface area (Å²) in [6.45, 7) is 6.98. The summed E-state index contributed by atoms with van der Waals surface area (Å²) in [6, 6.07) is 4.90. The van der Waals surface area contributed by atoms with Crippen LogP contribution in [0.5, 0.6) is 5.75 Å². The van der Waals surface area contributed by atoms with Crippen LogP contribution in [0.4, 0.5) is 5.69 Å². The van der Waals surface area contributed by atoms with Crippen molar-refractivity contribution in [2.45, 2.75) is 33.5 Å². The largest absolute Gasteiger partial charge is 0.487 e. The highest BCUT2D eigenvalue weighted by molar-refractivity contribution is 5.48. The van der Waals surface area contributed by atoms with Crippen LogP contribution >= 0.6 is 0 Å². The first-order chi connectivity index (χ1) is 9.58. The van der Waals surface area contributed by atoms with Gasteiger partial charge in [0.25, 0.3) is 0 Å². The Morgan fingerprint density at radius 2 is 1.90 bits per heavy atom. The van der Waals surface area contributed by atoms with Gasteiger partial charge in [-0.2, -0.15) is 0 Å². The molecular weight excluding hydrogens is 262 g/mol. The van der Waals surface area contributed by atoms with Crippen LogP contribution in [0, 0.1) is 17.0 Å². The van der Waals surface area contributed by atoms with Crippen molar-refractivity contribution >= 4 is 5.69 Å². The van der Waals surface area contributed by atoms with Crippen LogP contribution in [0.25, 0.3) is 0 Å². The number of aryl methyl sites for hydroxylation is 1. The van der Waals surface area contributed by atoms with Crippen LogP contribution in [-0.4, -0.2) is 31.0 Å². The van der Waals surface area contributed by atoms with Crippen molar-refractivity contribution in [2.24, 2.45) is 0 Å². The first kappa shape index (κ1) is 16.4. The van der Waals surface area contributed by atoms with Crippen molar-refractivity contribution < 1.29 is 19.1 Å². The molecule has 0 aliphatic rings. The maximum atomic E-state index is 11.0. The van der Waals surface area contributed by atoms with Crippen LogP contribution in [0.15, 0.2) is 18.2 Å². The Morgan fingerprint density at radius 1 is 1.25 bits per heavy atom. The van der Waals surface area contributed by atoms with E-state index in [2.05, 4.69) is 0 Å². The predicted molar refractivity (Wildman–Crippen MR) is 75.0 cm³/mol. The van der Waals surface area contributed by atoms with Gasteiger partial charge in [-0.3, -0.25) is 10.1 Å². The molecule has 0 amide bonds. The van der Waals surface area contributed by atoms with Crippen molar-refractivity contribution in [1.82, 2.24) is 0 Å². The zero-order valence-electron chi connectivity index (χ0n) is 12.1. The number of hydrogen-bond acceptors (Lipinski definition) is 5. The smallest absolute Gasteiger partial charge is 0.311 e. The minimum atomic E-state index is -0.440. The summed E-state index contributed by atoms with van der Waals surface area (Å²) in [5.74, 6) is 0.271. The monoisotopic (exact) mass is 283 g/mol. The molecule has 0 unspecified atom stereocenters. The Morgan fingerprint density at radius 3 is 2.45 bits per heavy atom. The number of nitro groups is 1. The standard InChI is InChI=1S/C14H21NO5/c1-4-18-14(19-5-2)8-9-20-13-7-6-11(3)10-12(13)15(16)17/h6-7,10,14H,4-5,8-9H2,1-3H3. The molecule has 6 nitrogen and oxygen atoms in total. The molecule has 1 aromatic carbocycles. The topological polar surface area (TPSA) is 70.8 Å². The average Bonchev–Trinajstić information content (AvgIpc) is 2.40. The van der Waals surface area contributed by atoms with E-state index >= 15 is 0 Å². The molecule has 1 aromatic rings. The van der Waals surface area contributed by atoms with Gasteiger partial charge in [-0.15, -0.1) is 0 Å². The minimum Gasteiger partial charge on any atom is -0.487 e. The van der Waals surface area contributed by atoms with Crippen molar-refractivity contribution in [1.29, 1.82) is 0 Å². The SMILES string of the molecule is CCOC(CCOc1ccc(C)cc1[N+](=O)[O-])OCC. The molecular formula is C14H21NO5. The molecule has 0 fully saturated rings. The Balaban J connectivity index is 2.58. The summed E-state index contributed by atoms with van der Waals surface area (Å²) in [5, 5.41) is 11.0. The van der Waals surface area contributed by atoms with E-state index in [1.807, 2.05) is 13.8 Å². The Bertz CT molecular complexity index is 430. The highest BCUT2D eigenvalue weighted by Crippen LogP contribution is 2.27. The average molecular weight is 283 g/mol. The van der Waals surface area contributed by atoms with Gasteiger partial charge >= 0.3 is 5.69 Å². The predicted octanol–water partition coefficient (Wildman–Crippen LogP) is 3.07. The molecule has 0 heterocycles. The summed E-state index contributed by atoms with van der Waals surface area (Å²) < 4.78 is 16.2. The third kappa shape index (κ3) is 5.14. The fourth-order valence-electron chi connectivity index (χ4n) is 1.74. The number of ether oxygens (including phenoxy) is 3. The lowest BCUT2D eigenvalue weighted by atomic mass is 10.2. The zero-order chi connectivity index (χ0) is 15.0. The summed E-state index contributed by atoms with van der Waals surface area (Å²) in [6.07, 6.45) is 0.182. The molecule has 0 aliphatic heterocycles. The quantitative estimate of drug-likeness (QED) is 0.395. The first-order valence-corrected chi connectivity index (χ1v) is 6.69. The van der Waals surface area contributed by atoms with Crippen LogP contribution < -0.4 is 4.74 Å². The lowest BCUT2D eigenvalue weighted by molar-refractivity contribution is -0.386. The Labute approximate surface area is 118 Å². The van der Waals surface area contributed by atoms with Gasteiger partial charge in [0.15, 0.2) is 12.0 Å². The minimum absolute atomic E-state index is 0.0191. The van der Waals surface area contributed by atoms with Crippen LogP contribution in [0.3, 0.4) is 0 Å². The molecule has 0 bridgehead atoms. The fraction of sp³-hybridized carbons (Fsp3) is 0.571. The molecule has 0 saturated carbocycles. The van der Waals surface area contributed by atoms with E-state index in [9.17, 15) is 10.1 Å². The van der Waals surface area contributed by atoms with Gasteiger partial charge < -0.3 is 14.2 Å². The van der Waals surface area contributed by atoms with Crippen molar-refractivity contribution in [3.8, 4) is 5.75 Å². The summed E-state index contributed by atoms with van der Waals surface area (Å²) >= 11 is 0. The molecule has 112 valence electrons. The lowest BCUT2D eigenvalue weighted by Crippen LogP contribution is -2.20. The fourth-order valence-corrected chi connectivity index (χ4v) is 1.74. The van der Waals surface area contributed by atoms with Gasteiger partial charge in [-0.05, 0) is 32.4 Å². The van der Waals surface area contributed by atoms with Gasteiger partial charge in [0.2, 0.25) is 0 Å². The van der Waals surface area contributed by atoms with E-state index in [0.29, 0.717) is 26.2 Å². The molecule has 0 atom stereocenters. The third-order valence-corrected chi connectivity index (χ3v) is 2.63. The number of nitrogens with zero attached hydrogens (tertiary/aromatic N) is 1. The number of hydrogen-bond donors (Lipinski definition) is 0. The second kappa shape index (κ2) is 8.50. The van der Waals surface area contributed by atoms with E-state index in [-0.39, 0.29) is 17.7 Å². The van der Waals surface area contributed by atoms with E-state index in [4.69, 9.17) is 14.2 Å². The van der Waals surface area contributed by atoms with Crippen molar-refractivity contribution in [3.63, 3.8) is 0 Å². The van der Waals surface area contributed by atoms with E-state index in [1.165, 1.54) is 6.07 Å². The highest BCUT2D eigenvalue weighted by atomic mass is 16.7. The first-order valence-electron chi connectivity index (χ1n) is 6.69. The second-order valence-corrected chi connectivity index (χ2v) is 4.21. The number of rotatable bonds is 9. The van der Waals surface area contributed by atoms with Gasteiger partial charge in [-0.1, -0.05) is 6.07 Å². The Hall–Kier alpha value is -1.66. The van der Waals surface area contributed by atoms with Gasteiger partial charge in [0.1, 0.15) is 0 Å². The number of nitro benzene ring substituents is 1. The third-order valence-electron chi connectivity index (χ3n) is 2.63. The molecule has 0 aromatic heterocycles. The van der Waals surface area contributed by atoms with E-state index in [0.717, 1.165) is 5.56 Å². The highest BCUT2D eigenvalue weighted by Gasteiger charge is 2.16. The Kier molecular flexibility index (Phi) is 6.97. The van der Waals surface area contributed by atoms with Crippen molar-refractivity contribution in [3.05, 3.63) is 33.9 Å². The molecule has 6 heteroatoms. The normalized spacial score (nSPS) is 10.8. The molecule has 0 aliphatic carbocycles. The molecule has 20 heavy (non-hydrogen) atoms. The maximum Gasteiger partial charge on any atom is 0.311 e. The molecule has 0 saturated heterocycles. The molecule has 1 rings (SSSR count). The molecule has 0 spiro atoms. The lowest BCUT2D eigenvalue weighted by Gasteiger charge is -2.17. The zero-order valence-corrected chi connectivity index (χ0v) is 12.1. The summed E-state index contributed by atoms with van der Waals surface area (Å²) in [4.78, 5) is 10.5. The van der Waals surface area contributed by atoms with Gasteiger partial charge in [-0.25, -0.2) is 0 Å². The summed E-state index contributed by atoms with van der Waals surface area (Å²) in [7, 11) is 0. The van der Waals surface area contributed by atoms with Crippen molar-refractivity contribution in [2.75, 3.05) is 19.8 Å². The second-order valence-electron chi connectivity index (χ2n) is 4.21. The molecule has 0 N–H and O–H groups in total. The van der Waals surface area contributed by atoms with Gasteiger partial charge in [0, 0.05) is 25.7 Å². The summed E-state index contributed by atoms with van der Waals surface area (Å²) in [5.41, 5.74) is 0.805. The maximum absolute atomic E-state index is 11.0. The molecule has 0 radical (unpaired) electrons. The van der Waals surface area contributed by atoms with Crippen LogP contribution in [-0.2, 0) is 9.47 Å². The van der Waals surface area contributed by atoms with Crippen LogP contribution in [0.2, 0.25) is 0 Å².